The first kappa shape index (κ1) is 10.7. The molecule has 2 heteroatoms. The quantitative estimate of drug-likeness (QED) is 0.767. The molecule has 0 spiro atoms. The summed E-state index contributed by atoms with van der Waals surface area (Å²) in [5.41, 5.74) is 2.23. The van der Waals surface area contributed by atoms with Crippen molar-refractivity contribution in [2.45, 2.75) is 32.5 Å². The summed E-state index contributed by atoms with van der Waals surface area (Å²) in [6, 6.07) is 8.09. The van der Waals surface area contributed by atoms with Crippen molar-refractivity contribution in [2.75, 3.05) is 6.61 Å². The first-order valence-corrected chi connectivity index (χ1v) is 5.53. The van der Waals surface area contributed by atoms with E-state index in [0.717, 1.165) is 18.6 Å². The van der Waals surface area contributed by atoms with Crippen molar-refractivity contribution in [3.05, 3.63) is 35.4 Å². The maximum Gasteiger partial charge on any atom is 0.0816 e. The van der Waals surface area contributed by atoms with Gasteiger partial charge in [0.25, 0.3) is 0 Å². The first-order chi connectivity index (χ1) is 7.16. The summed E-state index contributed by atoms with van der Waals surface area (Å²) >= 11 is 0. The zero-order valence-corrected chi connectivity index (χ0v) is 9.31. The number of aliphatic hydroxyl groups excluding tert-OH is 1. The van der Waals surface area contributed by atoms with E-state index in [9.17, 15) is 5.11 Å². The van der Waals surface area contributed by atoms with Crippen molar-refractivity contribution >= 4 is 0 Å². The number of benzene rings is 1. The maximum atomic E-state index is 10.1. The van der Waals surface area contributed by atoms with Crippen LogP contribution >= 0.6 is 0 Å². The minimum absolute atomic E-state index is 0.264. The normalized spacial score (nSPS) is 23.5. The van der Waals surface area contributed by atoms with Crippen LogP contribution in [0.25, 0.3) is 0 Å². The zero-order valence-electron chi connectivity index (χ0n) is 9.31. The fourth-order valence-corrected chi connectivity index (χ4v) is 1.84. The predicted octanol–water partition coefficient (Wildman–Crippen LogP) is 2.45. The highest BCUT2D eigenvalue weighted by atomic mass is 16.6. The Bertz CT molecular complexity index is 314. The van der Waals surface area contributed by atoms with Crippen LogP contribution in [0.2, 0.25) is 0 Å². The summed E-state index contributed by atoms with van der Waals surface area (Å²) in [6.45, 7) is 4.99. The highest BCUT2D eigenvalue weighted by Gasteiger charge is 2.28. The monoisotopic (exact) mass is 206 g/mol. The molecule has 0 radical (unpaired) electrons. The van der Waals surface area contributed by atoms with Gasteiger partial charge >= 0.3 is 0 Å². The number of epoxide rings is 1. The van der Waals surface area contributed by atoms with Gasteiger partial charge in [0.15, 0.2) is 0 Å². The molecule has 0 bridgehead atoms. The molecule has 2 nitrogen and oxygen atoms in total. The van der Waals surface area contributed by atoms with Crippen LogP contribution in [0.1, 0.15) is 30.6 Å². The van der Waals surface area contributed by atoms with Crippen LogP contribution in [-0.4, -0.2) is 17.8 Å². The van der Waals surface area contributed by atoms with Gasteiger partial charge in [-0.15, -0.1) is 0 Å². The van der Waals surface area contributed by atoms with E-state index in [1.54, 1.807) is 0 Å². The van der Waals surface area contributed by atoms with E-state index in [1.165, 1.54) is 5.56 Å². The van der Waals surface area contributed by atoms with Gasteiger partial charge in [0.1, 0.15) is 0 Å². The summed E-state index contributed by atoms with van der Waals surface area (Å²) in [5.74, 6) is 0.264. The van der Waals surface area contributed by atoms with Crippen molar-refractivity contribution in [3.63, 3.8) is 0 Å². The smallest absolute Gasteiger partial charge is 0.0816 e. The molecule has 1 aromatic rings. The fourth-order valence-electron chi connectivity index (χ4n) is 1.84. The molecule has 3 unspecified atom stereocenters. The molecule has 82 valence electrons. The van der Waals surface area contributed by atoms with Crippen LogP contribution in [0.15, 0.2) is 24.3 Å². The second kappa shape index (κ2) is 4.33. The number of hydrogen-bond donors (Lipinski definition) is 1. The molecule has 15 heavy (non-hydrogen) atoms. The van der Waals surface area contributed by atoms with Gasteiger partial charge in [-0.3, -0.25) is 0 Å². The molecule has 1 N–H and O–H groups in total. The second-order valence-electron chi connectivity index (χ2n) is 4.52. The Morgan fingerprint density at radius 3 is 2.53 bits per heavy atom. The molecule has 1 heterocycles. The Morgan fingerprint density at radius 2 is 2.00 bits per heavy atom. The molecule has 0 saturated carbocycles. The maximum absolute atomic E-state index is 10.1. The molecule has 0 aliphatic carbocycles. The minimum Gasteiger partial charge on any atom is -0.388 e. The van der Waals surface area contributed by atoms with Crippen molar-refractivity contribution < 1.29 is 9.84 Å². The van der Waals surface area contributed by atoms with Crippen LogP contribution in [0.5, 0.6) is 0 Å². The summed E-state index contributed by atoms with van der Waals surface area (Å²) in [7, 11) is 0. The first-order valence-electron chi connectivity index (χ1n) is 5.53. The lowest BCUT2D eigenvalue weighted by atomic mass is 9.93. The highest BCUT2D eigenvalue weighted by molar-refractivity contribution is 5.23. The number of hydrogen-bond acceptors (Lipinski definition) is 2. The van der Waals surface area contributed by atoms with Crippen LogP contribution in [0.3, 0.4) is 0 Å². The number of rotatable bonds is 4. The second-order valence-corrected chi connectivity index (χ2v) is 4.52. The van der Waals surface area contributed by atoms with Gasteiger partial charge in [-0.1, -0.05) is 36.8 Å². The van der Waals surface area contributed by atoms with E-state index in [0.29, 0.717) is 6.10 Å². The Kier molecular flexibility index (Phi) is 3.08. The van der Waals surface area contributed by atoms with Gasteiger partial charge in [0, 0.05) is 0 Å². The van der Waals surface area contributed by atoms with Crippen molar-refractivity contribution in [1.82, 2.24) is 0 Å². The summed E-state index contributed by atoms with van der Waals surface area (Å²) in [4.78, 5) is 0. The molecule has 1 aliphatic rings. The lowest BCUT2D eigenvalue weighted by molar-refractivity contribution is 0.107. The average molecular weight is 206 g/mol. The van der Waals surface area contributed by atoms with Crippen molar-refractivity contribution in [2.24, 2.45) is 5.92 Å². The zero-order chi connectivity index (χ0) is 10.8. The van der Waals surface area contributed by atoms with Gasteiger partial charge in [0.05, 0.1) is 18.8 Å². The Labute approximate surface area is 90.9 Å². The van der Waals surface area contributed by atoms with Crippen LogP contribution in [0.4, 0.5) is 0 Å². The predicted molar refractivity (Wildman–Crippen MR) is 59.7 cm³/mol. The summed E-state index contributed by atoms with van der Waals surface area (Å²) in [6.07, 6.45) is 0.976. The average Bonchev–Trinajstić information content (AvgIpc) is 3.02. The van der Waals surface area contributed by atoms with Crippen molar-refractivity contribution in [3.8, 4) is 0 Å². The molecule has 1 saturated heterocycles. The number of aryl methyl sites for hydroxylation is 1. The largest absolute Gasteiger partial charge is 0.388 e. The third kappa shape index (κ3) is 2.80. The van der Waals surface area contributed by atoms with Gasteiger partial charge < -0.3 is 9.84 Å². The third-order valence-corrected chi connectivity index (χ3v) is 2.99. The summed E-state index contributed by atoms with van der Waals surface area (Å²) in [5, 5.41) is 10.1. The Balaban J connectivity index is 1.98. The SMILES string of the molecule is Cc1ccc(C(O)C(C)CC2CO2)cc1. The van der Waals surface area contributed by atoms with Crippen molar-refractivity contribution in [1.29, 1.82) is 0 Å². The number of aliphatic hydroxyl groups is 1. The summed E-state index contributed by atoms with van der Waals surface area (Å²) < 4.78 is 5.17. The van der Waals surface area contributed by atoms with E-state index in [4.69, 9.17) is 4.74 Å². The molecule has 0 amide bonds. The van der Waals surface area contributed by atoms with Crippen LogP contribution in [0, 0.1) is 12.8 Å². The molecule has 0 aromatic heterocycles. The van der Waals surface area contributed by atoms with Gasteiger partial charge in [-0.05, 0) is 24.8 Å². The molecule has 1 aromatic carbocycles. The topological polar surface area (TPSA) is 32.8 Å². The van der Waals surface area contributed by atoms with Crippen LogP contribution in [-0.2, 0) is 4.74 Å². The molecule has 3 atom stereocenters. The highest BCUT2D eigenvalue weighted by Crippen LogP contribution is 2.29. The van der Waals surface area contributed by atoms with E-state index in [1.807, 2.05) is 24.3 Å². The number of ether oxygens (including phenoxy) is 1. The van der Waals surface area contributed by atoms with Gasteiger partial charge in [-0.25, -0.2) is 0 Å². The lowest BCUT2D eigenvalue weighted by Crippen LogP contribution is -2.11. The third-order valence-electron chi connectivity index (χ3n) is 2.99. The lowest BCUT2D eigenvalue weighted by Gasteiger charge is -2.18. The van der Waals surface area contributed by atoms with E-state index >= 15 is 0 Å². The molecule has 1 aliphatic heterocycles. The van der Waals surface area contributed by atoms with E-state index in [2.05, 4.69) is 13.8 Å². The molecular formula is C13H18O2. The van der Waals surface area contributed by atoms with Gasteiger partial charge in [-0.2, -0.15) is 0 Å². The Morgan fingerprint density at radius 1 is 1.40 bits per heavy atom. The Hall–Kier alpha value is -0.860. The van der Waals surface area contributed by atoms with Crippen LogP contribution < -0.4 is 0 Å². The minimum atomic E-state index is -0.366. The standard InChI is InChI=1S/C13H18O2/c1-9-3-5-11(6-4-9)13(14)10(2)7-12-8-15-12/h3-6,10,12-14H,7-8H2,1-2H3. The van der Waals surface area contributed by atoms with Gasteiger partial charge in [0.2, 0.25) is 0 Å². The fraction of sp³-hybridized carbons (Fsp3) is 0.538. The molecular weight excluding hydrogens is 188 g/mol. The molecule has 1 fully saturated rings. The van der Waals surface area contributed by atoms with E-state index in [-0.39, 0.29) is 12.0 Å². The molecule has 2 rings (SSSR count). The van der Waals surface area contributed by atoms with E-state index < -0.39 is 0 Å².